The van der Waals surface area contributed by atoms with E-state index >= 15 is 0 Å². The van der Waals surface area contributed by atoms with Gasteiger partial charge in [-0.2, -0.15) is 0 Å². The summed E-state index contributed by atoms with van der Waals surface area (Å²) in [6, 6.07) is 0. The summed E-state index contributed by atoms with van der Waals surface area (Å²) in [6.07, 6.45) is 5.87. The second kappa shape index (κ2) is 8.06. The number of hydrogen-bond donors (Lipinski definition) is 2. The molecule has 0 aromatic rings. The lowest BCUT2D eigenvalue weighted by Crippen LogP contribution is -2.37. The molecule has 102 valence electrons. The molecule has 0 spiro atoms. The summed E-state index contributed by atoms with van der Waals surface area (Å²) in [5, 5.41) is 12.9. The van der Waals surface area contributed by atoms with E-state index in [0.29, 0.717) is 0 Å². The molecule has 0 atom stereocenters. The first-order valence-corrected chi connectivity index (χ1v) is 7.15. The van der Waals surface area contributed by atoms with Gasteiger partial charge in [0.1, 0.15) is 0 Å². The van der Waals surface area contributed by atoms with Gasteiger partial charge in [0.25, 0.3) is 0 Å². The molecule has 1 aliphatic rings. The van der Waals surface area contributed by atoms with E-state index in [2.05, 4.69) is 19.2 Å². The van der Waals surface area contributed by atoms with Gasteiger partial charge in [-0.25, -0.2) is 0 Å². The van der Waals surface area contributed by atoms with Crippen molar-refractivity contribution in [1.29, 1.82) is 0 Å². The van der Waals surface area contributed by atoms with Crippen LogP contribution < -0.4 is 5.32 Å². The second-order valence-electron chi connectivity index (χ2n) is 5.41. The van der Waals surface area contributed by atoms with E-state index in [1.165, 1.54) is 12.8 Å². The van der Waals surface area contributed by atoms with Crippen LogP contribution in [0.4, 0.5) is 0 Å². The van der Waals surface area contributed by atoms with Crippen LogP contribution in [-0.4, -0.2) is 38.0 Å². The van der Waals surface area contributed by atoms with Gasteiger partial charge >= 0.3 is 0 Å². The highest BCUT2D eigenvalue weighted by atomic mass is 16.5. The molecule has 3 heteroatoms. The number of nitrogens with one attached hydrogen (secondary N) is 1. The molecule has 2 N–H and O–H groups in total. The van der Waals surface area contributed by atoms with E-state index < -0.39 is 0 Å². The van der Waals surface area contributed by atoms with Gasteiger partial charge in [-0.3, -0.25) is 0 Å². The van der Waals surface area contributed by atoms with Crippen LogP contribution in [0.15, 0.2) is 0 Å². The Bertz CT molecular complexity index is 180. The molecule has 1 aliphatic carbocycles. The average molecular weight is 243 g/mol. The Labute approximate surface area is 106 Å². The third-order valence-corrected chi connectivity index (χ3v) is 4.03. The molecular formula is C14H29NO2. The molecule has 0 saturated heterocycles. The van der Waals surface area contributed by atoms with Crippen LogP contribution in [0.2, 0.25) is 0 Å². The smallest absolute Gasteiger partial charge is 0.0499 e. The highest BCUT2D eigenvalue weighted by Gasteiger charge is 2.24. The third kappa shape index (κ3) is 5.84. The van der Waals surface area contributed by atoms with Crippen molar-refractivity contribution in [3.63, 3.8) is 0 Å². The summed E-state index contributed by atoms with van der Waals surface area (Å²) in [4.78, 5) is 0. The lowest BCUT2D eigenvalue weighted by atomic mass is 9.83. The first-order chi connectivity index (χ1) is 8.26. The van der Waals surface area contributed by atoms with Crippen LogP contribution in [0.3, 0.4) is 0 Å². The van der Waals surface area contributed by atoms with E-state index in [1.807, 2.05) is 0 Å². The highest BCUT2D eigenvalue weighted by Crippen LogP contribution is 2.28. The largest absolute Gasteiger partial charge is 0.396 e. The van der Waals surface area contributed by atoms with Crippen molar-refractivity contribution in [1.82, 2.24) is 5.32 Å². The van der Waals surface area contributed by atoms with Gasteiger partial charge in [-0.1, -0.05) is 13.8 Å². The predicted octanol–water partition coefficient (Wildman–Crippen LogP) is 2.19. The van der Waals surface area contributed by atoms with Crippen molar-refractivity contribution < 1.29 is 9.84 Å². The number of aliphatic hydroxyl groups excluding tert-OH is 1. The first kappa shape index (κ1) is 14.9. The Kier molecular flexibility index (Phi) is 7.09. The summed E-state index contributed by atoms with van der Waals surface area (Å²) < 4.78 is 5.58. The standard InChI is InChI=1S/C14H29NO2/c1-3-14(4-2,12-16)11-15-8-5-9-17-10-13-6-7-13/h13,15-16H,3-12H2,1-2H3. The van der Waals surface area contributed by atoms with Gasteiger partial charge in [0, 0.05) is 31.8 Å². The molecule has 0 bridgehead atoms. The monoisotopic (exact) mass is 243 g/mol. The molecule has 0 aromatic heterocycles. The zero-order chi connectivity index (χ0) is 12.6. The SMILES string of the molecule is CCC(CC)(CO)CNCCCOCC1CC1. The van der Waals surface area contributed by atoms with Crippen molar-refractivity contribution in [3.8, 4) is 0 Å². The molecule has 1 fully saturated rings. The maximum Gasteiger partial charge on any atom is 0.0499 e. The van der Waals surface area contributed by atoms with E-state index in [0.717, 1.165) is 51.5 Å². The number of hydrogen-bond acceptors (Lipinski definition) is 3. The molecule has 1 rings (SSSR count). The van der Waals surface area contributed by atoms with E-state index in [4.69, 9.17) is 4.74 Å². The van der Waals surface area contributed by atoms with Gasteiger partial charge in [-0.05, 0) is 44.6 Å². The van der Waals surface area contributed by atoms with Crippen molar-refractivity contribution in [2.24, 2.45) is 11.3 Å². The summed E-state index contributed by atoms with van der Waals surface area (Å²) in [5.74, 6) is 0.866. The molecule has 0 aromatic carbocycles. The van der Waals surface area contributed by atoms with Crippen LogP contribution in [-0.2, 0) is 4.74 Å². The molecule has 0 unspecified atom stereocenters. The minimum Gasteiger partial charge on any atom is -0.396 e. The van der Waals surface area contributed by atoms with Crippen LogP contribution in [0.25, 0.3) is 0 Å². The average Bonchev–Trinajstić information content (AvgIpc) is 3.18. The Morgan fingerprint density at radius 3 is 2.53 bits per heavy atom. The van der Waals surface area contributed by atoms with Gasteiger partial charge in [0.15, 0.2) is 0 Å². The number of aliphatic hydroxyl groups is 1. The summed E-state index contributed by atoms with van der Waals surface area (Å²) >= 11 is 0. The zero-order valence-corrected chi connectivity index (χ0v) is 11.5. The van der Waals surface area contributed by atoms with Gasteiger partial charge in [0.05, 0.1) is 0 Å². The van der Waals surface area contributed by atoms with Crippen LogP contribution in [0, 0.1) is 11.3 Å². The normalized spacial score (nSPS) is 16.4. The fraction of sp³-hybridized carbons (Fsp3) is 1.00. The third-order valence-electron chi connectivity index (χ3n) is 4.03. The summed E-state index contributed by atoms with van der Waals surface area (Å²) in [7, 11) is 0. The van der Waals surface area contributed by atoms with Gasteiger partial charge in [-0.15, -0.1) is 0 Å². The predicted molar refractivity (Wildman–Crippen MR) is 71.1 cm³/mol. The fourth-order valence-electron chi connectivity index (χ4n) is 1.97. The maximum atomic E-state index is 9.42. The number of rotatable bonds is 11. The molecule has 0 aliphatic heterocycles. The molecule has 3 nitrogen and oxygen atoms in total. The molecule has 0 radical (unpaired) electrons. The minimum atomic E-state index is 0.0782. The summed E-state index contributed by atoms with van der Waals surface area (Å²) in [6.45, 7) is 8.33. The second-order valence-corrected chi connectivity index (χ2v) is 5.41. The van der Waals surface area contributed by atoms with E-state index in [1.54, 1.807) is 0 Å². The molecule has 0 amide bonds. The topological polar surface area (TPSA) is 41.5 Å². The van der Waals surface area contributed by atoms with Crippen LogP contribution in [0.1, 0.15) is 46.0 Å². The highest BCUT2D eigenvalue weighted by molar-refractivity contribution is 4.78. The lowest BCUT2D eigenvalue weighted by Gasteiger charge is -2.29. The fourth-order valence-corrected chi connectivity index (χ4v) is 1.97. The maximum absolute atomic E-state index is 9.42. The zero-order valence-electron chi connectivity index (χ0n) is 11.5. The Morgan fingerprint density at radius 2 is 2.00 bits per heavy atom. The minimum absolute atomic E-state index is 0.0782. The Morgan fingerprint density at radius 1 is 1.29 bits per heavy atom. The molecule has 17 heavy (non-hydrogen) atoms. The van der Waals surface area contributed by atoms with Gasteiger partial charge < -0.3 is 15.2 Å². The van der Waals surface area contributed by atoms with E-state index in [9.17, 15) is 5.11 Å². The first-order valence-electron chi connectivity index (χ1n) is 7.15. The van der Waals surface area contributed by atoms with Crippen LogP contribution >= 0.6 is 0 Å². The summed E-state index contributed by atoms with van der Waals surface area (Å²) in [5.41, 5.74) is 0.0782. The Hall–Kier alpha value is -0.120. The molecule has 1 saturated carbocycles. The number of ether oxygens (including phenoxy) is 1. The van der Waals surface area contributed by atoms with Crippen molar-refractivity contribution in [3.05, 3.63) is 0 Å². The Balaban J connectivity index is 1.93. The lowest BCUT2D eigenvalue weighted by molar-refractivity contribution is 0.106. The van der Waals surface area contributed by atoms with Crippen LogP contribution in [0.5, 0.6) is 0 Å². The molecular weight excluding hydrogens is 214 g/mol. The van der Waals surface area contributed by atoms with Crippen molar-refractivity contribution in [2.45, 2.75) is 46.0 Å². The van der Waals surface area contributed by atoms with Crippen molar-refractivity contribution >= 4 is 0 Å². The van der Waals surface area contributed by atoms with E-state index in [-0.39, 0.29) is 12.0 Å². The van der Waals surface area contributed by atoms with Crippen molar-refractivity contribution in [2.75, 3.05) is 32.9 Å². The molecule has 0 heterocycles. The van der Waals surface area contributed by atoms with Gasteiger partial charge in [0.2, 0.25) is 0 Å². The quantitative estimate of drug-likeness (QED) is 0.547.